The monoisotopic (exact) mass is 409 g/mol. The molecule has 2 aromatic rings. The van der Waals surface area contributed by atoms with E-state index >= 15 is 0 Å². The minimum atomic E-state index is -0.0948. The predicted molar refractivity (Wildman–Crippen MR) is 102 cm³/mol. The van der Waals surface area contributed by atoms with Gasteiger partial charge in [0.15, 0.2) is 0 Å². The highest BCUT2D eigenvalue weighted by molar-refractivity contribution is 14.1. The van der Waals surface area contributed by atoms with Crippen LogP contribution in [0.25, 0.3) is 0 Å². The molecule has 2 atom stereocenters. The Morgan fingerprint density at radius 3 is 2.27 bits per heavy atom. The van der Waals surface area contributed by atoms with Crippen LogP contribution >= 0.6 is 22.6 Å². The maximum atomic E-state index is 5.60. The highest BCUT2D eigenvalue weighted by atomic mass is 127. The molecule has 0 bridgehead atoms. The lowest BCUT2D eigenvalue weighted by molar-refractivity contribution is 0.113. The second-order valence-electron chi connectivity index (χ2n) is 5.81. The summed E-state index contributed by atoms with van der Waals surface area (Å²) < 4.78 is 6.58. The fourth-order valence-corrected chi connectivity index (χ4v) is 3.78. The van der Waals surface area contributed by atoms with E-state index < -0.39 is 0 Å². The first-order valence-corrected chi connectivity index (χ1v) is 9.04. The van der Waals surface area contributed by atoms with Gasteiger partial charge in [0, 0.05) is 16.0 Å². The smallest absolute Gasteiger partial charge is 0.123 e. The van der Waals surface area contributed by atoms with E-state index in [2.05, 4.69) is 90.9 Å². The molecule has 2 nitrogen and oxygen atoms in total. The number of halogens is 1. The van der Waals surface area contributed by atoms with Gasteiger partial charge in [0.25, 0.3) is 0 Å². The Hall–Kier alpha value is -1.07. The van der Waals surface area contributed by atoms with Gasteiger partial charge in [-0.1, -0.05) is 71.1 Å². The van der Waals surface area contributed by atoms with Crippen molar-refractivity contribution in [3.63, 3.8) is 0 Å². The average molecular weight is 409 g/mol. The van der Waals surface area contributed by atoms with Crippen molar-refractivity contribution >= 4 is 22.6 Å². The van der Waals surface area contributed by atoms with Gasteiger partial charge in [-0.2, -0.15) is 0 Å². The second kappa shape index (κ2) is 7.47. The van der Waals surface area contributed by atoms with Crippen LogP contribution in [0.15, 0.2) is 54.6 Å². The van der Waals surface area contributed by atoms with Gasteiger partial charge in [0.1, 0.15) is 5.75 Å². The van der Waals surface area contributed by atoms with E-state index in [4.69, 9.17) is 4.74 Å². The van der Waals surface area contributed by atoms with Crippen molar-refractivity contribution in [3.8, 4) is 5.75 Å². The molecule has 2 aromatic carbocycles. The fourth-order valence-electron chi connectivity index (χ4n) is 2.83. The zero-order chi connectivity index (χ0) is 16.2. The SMILES string of the molecule is COc1ccccc1[C@@](C)(CI)N(C)[C@@H](C)c1ccccc1. The van der Waals surface area contributed by atoms with Gasteiger partial charge in [-0.25, -0.2) is 0 Å². The Morgan fingerprint density at radius 1 is 1.09 bits per heavy atom. The number of ether oxygens (including phenoxy) is 1. The summed E-state index contributed by atoms with van der Waals surface area (Å²) in [5.41, 5.74) is 2.47. The van der Waals surface area contributed by atoms with E-state index in [1.165, 1.54) is 11.1 Å². The molecule has 0 N–H and O–H groups in total. The Bertz CT molecular complexity index is 601. The van der Waals surface area contributed by atoms with E-state index in [1.54, 1.807) is 7.11 Å². The Labute approximate surface area is 147 Å². The molecule has 0 unspecified atom stereocenters. The lowest BCUT2D eigenvalue weighted by Gasteiger charge is -2.42. The van der Waals surface area contributed by atoms with Crippen LogP contribution in [0.5, 0.6) is 5.75 Å². The van der Waals surface area contributed by atoms with E-state index in [0.717, 1.165) is 10.2 Å². The first-order chi connectivity index (χ1) is 10.5. The van der Waals surface area contributed by atoms with Crippen molar-refractivity contribution in [1.82, 2.24) is 4.90 Å². The van der Waals surface area contributed by atoms with Crippen LogP contribution in [0, 0.1) is 0 Å². The topological polar surface area (TPSA) is 12.5 Å². The molecule has 0 spiro atoms. The summed E-state index contributed by atoms with van der Waals surface area (Å²) in [5.74, 6) is 0.953. The lowest BCUT2D eigenvalue weighted by Crippen LogP contribution is -2.44. The minimum absolute atomic E-state index is 0.0948. The normalized spacial score (nSPS) is 15.4. The predicted octanol–water partition coefficient (Wildman–Crippen LogP) is 5.04. The lowest BCUT2D eigenvalue weighted by atomic mass is 9.89. The first kappa shape index (κ1) is 17.3. The number of benzene rings is 2. The Balaban J connectivity index is 2.41. The number of hydrogen-bond donors (Lipinski definition) is 0. The molecule has 0 saturated carbocycles. The van der Waals surface area contributed by atoms with Crippen molar-refractivity contribution < 1.29 is 4.74 Å². The molecule has 0 aliphatic carbocycles. The van der Waals surface area contributed by atoms with Crippen molar-refractivity contribution in [1.29, 1.82) is 0 Å². The summed E-state index contributed by atoms with van der Waals surface area (Å²) in [6.07, 6.45) is 0. The van der Waals surface area contributed by atoms with Crippen LogP contribution in [0.1, 0.15) is 31.0 Å². The van der Waals surface area contributed by atoms with Gasteiger partial charge in [-0.05, 0) is 32.5 Å². The number of hydrogen-bond acceptors (Lipinski definition) is 2. The molecule has 0 radical (unpaired) electrons. The van der Waals surface area contributed by atoms with Gasteiger partial charge in [0.2, 0.25) is 0 Å². The van der Waals surface area contributed by atoms with Crippen LogP contribution < -0.4 is 4.74 Å². The highest BCUT2D eigenvalue weighted by Crippen LogP contribution is 2.39. The summed E-state index contributed by atoms with van der Waals surface area (Å²) >= 11 is 2.47. The van der Waals surface area contributed by atoms with Crippen molar-refractivity contribution in [2.24, 2.45) is 0 Å². The van der Waals surface area contributed by atoms with Crippen molar-refractivity contribution in [2.75, 3.05) is 18.6 Å². The molecule has 0 aromatic heterocycles. The van der Waals surface area contributed by atoms with Gasteiger partial charge in [-0.3, -0.25) is 4.90 Å². The van der Waals surface area contributed by atoms with Crippen LogP contribution in [-0.2, 0) is 5.54 Å². The molecule has 0 fully saturated rings. The third-order valence-electron chi connectivity index (χ3n) is 4.59. The third-order valence-corrected chi connectivity index (χ3v) is 6.07. The zero-order valence-electron chi connectivity index (χ0n) is 13.7. The second-order valence-corrected chi connectivity index (χ2v) is 6.57. The maximum absolute atomic E-state index is 5.60. The standard InChI is InChI=1S/C19H24INO/c1-15(16-10-6-5-7-11-16)21(3)19(2,14-20)17-12-8-9-13-18(17)22-4/h5-13,15H,14H2,1-4H3/t15-,19+/m0/s1. The summed E-state index contributed by atoms with van der Waals surface area (Å²) in [5, 5.41) is 0. The summed E-state index contributed by atoms with van der Waals surface area (Å²) in [6.45, 7) is 4.55. The molecular formula is C19H24INO. The third kappa shape index (κ3) is 3.30. The molecule has 3 heteroatoms. The average Bonchev–Trinajstić information content (AvgIpc) is 2.60. The quantitative estimate of drug-likeness (QED) is 0.490. The van der Waals surface area contributed by atoms with Crippen molar-refractivity contribution in [2.45, 2.75) is 25.4 Å². The molecule has 22 heavy (non-hydrogen) atoms. The minimum Gasteiger partial charge on any atom is -0.496 e. The largest absolute Gasteiger partial charge is 0.496 e. The summed E-state index contributed by atoms with van der Waals surface area (Å²) in [4.78, 5) is 2.44. The van der Waals surface area contributed by atoms with Crippen LogP contribution in [0.3, 0.4) is 0 Å². The number of para-hydroxylation sites is 1. The highest BCUT2D eigenvalue weighted by Gasteiger charge is 2.35. The van der Waals surface area contributed by atoms with Crippen molar-refractivity contribution in [3.05, 3.63) is 65.7 Å². The molecule has 0 aliphatic rings. The fraction of sp³-hybridized carbons (Fsp3) is 0.368. The maximum Gasteiger partial charge on any atom is 0.123 e. The molecule has 0 heterocycles. The number of alkyl halides is 1. The van der Waals surface area contributed by atoms with Gasteiger partial charge in [-0.15, -0.1) is 0 Å². The van der Waals surface area contributed by atoms with E-state index in [1.807, 2.05) is 12.1 Å². The molecular weight excluding hydrogens is 385 g/mol. The zero-order valence-corrected chi connectivity index (χ0v) is 15.9. The molecule has 2 rings (SSSR count). The molecule has 0 saturated heterocycles. The number of nitrogens with zero attached hydrogens (tertiary/aromatic N) is 1. The van der Waals surface area contributed by atoms with Gasteiger partial charge >= 0.3 is 0 Å². The van der Waals surface area contributed by atoms with Crippen LogP contribution in [0.4, 0.5) is 0 Å². The number of rotatable bonds is 6. The van der Waals surface area contributed by atoms with Crippen LogP contribution in [0.2, 0.25) is 0 Å². The van der Waals surface area contributed by atoms with E-state index in [9.17, 15) is 0 Å². The first-order valence-electron chi connectivity index (χ1n) is 7.52. The summed E-state index contributed by atoms with van der Waals surface area (Å²) in [7, 11) is 3.94. The number of methoxy groups -OCH3 is 1. The Morgan fingerprint density at radius 2 is 1.68 bits per heavy atom. The molecule has 0 aliphatic heterocycles. The molecule has 118 valence electrons. The van der Waals surface area contributed by atoms with Crippen LogP contribution in [-0.4, -0.2) is 23.5 Å². The molecule has 0 amide bonds. The van der Waals surface area contributed by atoms with Gasteiger partial charge in [0.05, 0.1) is 12.6 Å². The Kier molecular flexibility index (Phi) is 5.87. The van der Waals surface area contributed by atoms with Gasteiger partial charge < -0.3 is 4.74 Å². The summed E-state index contributed by atoms with van der Waals surface area (Å²) in [6, 6.07) is 19.3. The van der Waals surface area contributed by atoms with E-state index in [0.29, 0.717) is 6.04 Å². The van der Waals surface area contributed by atoms with E-state index in [-0.39, 0.29) is 5.54 Å².